The van der Waals surface area contributed by atoms with E-state index in [2.05, 4.69) is 77.4 Å². The molecule has 2 heterocycles. The van der Waals surface area contributed by atoms with Crippen molar-refractivity contribution in [1.82, 2.24) is 4.57 Å². The van der Waals surface area contributed by atoms with Crippen LogP contribution in [-0.2, 0) is 0 Å². The number of fused-ring (bicyclic) bond motifs is 7. The van der Waals surface area contributed by atoms with Crippen LogP contribution >= 0.6 is 0 Å². The third-order valence-electron chi connectivity index (χ3n) is 6.69. The fraction of sp³-hybridized carbons (Fsp3) is 0. The molecule has 1 N–H and O–H groups in total. The summed E-state index contributed by atoms with van der Waals surface area (Å²) in [5, 5.41) is 13.7. The summed E-state index contributed by atoms with van der Waals surface area (Å²) in [5.41, 5.74) is 7.20. The number of hydrogen-bond donors (Lipinski definition) is 1. The van der Waals surface area contributed by atoms with Crippen LogP contribution in [0.5, 0.6) is 5.75 Å². The molecule has 166 valence electrons. The maximum absolute atomic E-state index is 9.17. The minimum Gasteiger partial charge on any atom is -0.539 e. The van der Waals surface area contributed by atoms with Crippen LogP contribution in [0.2, 0.25) is 0 Å². The summed E-state index contributed by atoms with van der Waals surface area (Å²) in [6.07, 6.45) is 0. The molecule has 5 heteroatoms. The molecule has 7 rings (SSSR count). The topological polar surface area (TPSA) is 47.5 Å². The number of furan rings is 1. The molecule has 0 atom stereocenters. The van der Waals surface area contributed by atoms with E-state index in [0.29, 0.717) is 5.75 Å². The van der Waals surface area contributed by atoms with Crippen LogP contribution in [0.25, 0.3) is 60.6 Å². The minimum absolute atomic E-state index is 0.349. The highest BCUT2D eigenvalue weighted by Gasteiger charge is 2.19. The van der Waals surface area contributed by atoms with E-state index in [1.165, 1.54) is 0 Å². The monoisotopic (exact) mass is 453 g/mol. The molecule has 2 aromatic heterocycles. The molecule has 0 saturated carbocycles. The van der Waals surface area contributed by atoms with Gasteiger partial charge in [0.1, 0.15) is 16.9 Å². The zero-order valence-corrected chi connectivity index (χ0v) is 18.8. The Bertz CT molecular complexity index is 1870. The average molecular weight is 453 g/mol. The first-order chi connectivity index (χ1) is 17.3. The van der Waals surface area contributed by atoms with Crippen LogP contribution in [0.3, 0.4) is 0 Å². The summed E-state index contributed by atoms with van der Waals surface area (Å²) >= 11 is 0. The maximum atomic E-state index is 9.17. The molecule has 0 aliphatic heterocycles. The number of aromatic nitrogens is 1. The van der Waals surface area contributed by atoms with Gasteiger partial charge in [-0.15, -0.1) is 0 Å². The van der Waals surface area contributed by atoms with E-state index in [1.807, 2.05) is 36.4 Å². The van der Waals surface area contributed by atoms with E-state index in [1.54, 1.807) is 0 Å². The second-order valence-electron chi connectivity index (χ2n) is 8.64. The summed E-state index contributed by atoms with van der Waals surface area (Å²) in [6, 6.07) is 37.3. The van der Waals surface area contributed by atoms with Gasteiger partial charge in [0.25, 0.3) is 0 Å². The fourth-order valence-electron chi connectivity index (χ4n) is 5.16. The smallest absolute Gasteiger partial charge is 0.504 e. The predicted octanol–water partition coefficient (Wildman–Crippen LogP) is 6.99. The highest BCUT2D eigenvalue weighted by molar-refractivity contribution is 6.24. The lowest BCUT2D eigenvalue weighted by atomic mass is 10.0. The second kappa shape index (κ2) is 7.79. The zero-order chi connectivity index (χ0) is 23.4. The Labute approximate surface area is 201 Å². The lowest BCUT2D eigenvalue weighted by Gasteiger charge is -2.09. The van der Waals surface area contributed by atoms with Crippen LogP contribution in [0.15, 0.2) is 114 Å². The van der Waals surface area contributed by atoms with Crippen molar-refractivity contribution in [2.24, 2.45) is 0 Å². The first kappa shape index (κ1) is 19.9. The molecular weight excluding hydrogens is 433 g/mol. The first-order valence-corrected chi connectivity index (χ1v) is 11.6. The van der Waals surface area contributed by atoms with Gasteiger partial charge in [-0.05, 0) is 59.7 Å². The summed E-state index contributed by atoms with van der Waals surface area (Å²) in [5.74, 6) is 0.637. The molecule has 0 aliphatic carbocycles. The Morgan fingerprint density at radius 2 is 1.46 bits per heavy atom. The molecule has 7 aromatic rings. The summed E-state index contributed by atoms with van der Waals surface area (Å²) in [4.78, 5) is 0. The van der Waals surface area contributed by atoms with Crippen molar-refractivity contribution in [3.8, 4) is 22.6 Å². The lowest BCUT2D eigenvalue weighted by molar-refractivity contribution is 0.454. The Kier molecular flexibility index (Phi) is 4.44. The molecule has 0 saturated heterocycles. The van der Waals surface area contributed by atoms with Crippen LogP contribution in [0, 0.1) is 0 Å². The standard InChI is InChI=1S/C30H20BNO3/c33-31-35-22-10-6-7-19(17-22)20-13-14-25-27(18-20)32(21-8-2-1-3-9-21)26-16-15-24-23-11-4-5-12-28(23)34-30(24)29(25)26/h1-18,31,33H. The largest absolute Gasteiger partial charge is 0.539 e. The minimum atomic E-state index is -0.349. The number of rotatable bonds is 4. The highest BCUT2D eigenvalue weighted by atomic mass is 16.5. The van der Waals surface area contributed by atoms with Crippen molar-refractivity contribution in [3.05, 3.63) is 109 Å². The SMILES string of the molecule is OBOc1cccc(-c2ccc3c4c5oc6ccccc6c5ccc4n(-c4ccccc4)c3c2)c1. The second-order valence-corrected chi connectivity index (χ2v) is 8.64. The van der Waals surface area contributed by atoms with Crippen molar-refractivity contribution < 1.29 is 14.1 Å². The van der Waals surface area contributed by atoms with Crippen LogP contribution < -0.4 is 4.65 Å². The molecule has 5 aromatic carbocycles. The quantitative estimate of drug-likeness (QED) is 0.292. The number of benzene rings is 5. The third kappa shape index (κ3) is 3.06. The molecule has 0 aliphatic rings. The highest BCUT2D eigenvalue weighted by Crippen LogP contribution is 2.41. The van der Waals surface area contributed by atoms with Crippen LogP contribution in [-0.4, -0.2) is 17.3 Å². The Morgan fingerprint density at radius 1 is 0.657 bits per heavy atom. The first-order valence-electron chi connectivity index (χ1n) is 11.6. The molecule has 0 unspecified atom stereocenters. The molecule has 0 spiro atoms. The number of para-hydroxylation sites is 2. The van der Waals surface area contributed by atoms with Crippen molar-refractivity contribution in [2.75, 3.05) is 0 Å². The molecule has 0 radical (unpaired) electrons. The van der Waals surface area contributed by atoms with Gasteiger partial charge in [0.15, 0.2) is 0 Å². The van der Waals surface area contributed by atoms with Gasteiger partial charge in [-0.25, -0.2) is 0 Å². The summed E-state index contributed by atoms with van der Waals surface area (Å²) in [6.45, 7) is 0. The third-order valence-corrected chi connectivity index (χ3v) is 6.69. The normalized spacial score (nSPS) is 11.6. The van der Waals surface area contributed by atoms with Gasteiger partial charge < -0.3 is 18.7 Å². The van der Waals surface area contributed by atoms with Gasteiger partial charge in [0, 0.05) is 21.8 Å². The van der Waals surface area contributed by atoms with Crippen molar-refractivity contribution in [3.63, 3.8) is 0 Å². The molecule has 0 bridgehead atoms. The zero-order valence-electron chi connectivity index (χ0n) is 18.8. The number of nitrogens with zero attached hydrogens (tertiary/aromatic N) is 1. The van der Waals surface area contributed by atoms with Gasteiger partial charge in [0.2, 0.25) is 0 Å². The fourth-order valence-corrected chi connectivity index (χ4v) is 5.16. The van der Waals surface area contributed by atoms with Gasteiger partial charge in [-0.1, -0.05) is 60.7 Å². The van der Waals surface area contributed by atoms with E-state index in [-0.39, 0.29) is 7.69 Å². The van der Waals surface area contributed by atoms with Crippen LogP contribution in [0.4, 0.5) is 0 Å². The van der Waals surface area contributed by atoms with E-state index >= 15 is 0 Å². The summed E-state index contributed by atoms with van der Waals surface area (Å²) in [7, 11) is -0.349. The lowest BCUT2D eigenvalue weighted by Crippen LogP contribution is -1.99. The maximum Gasteiger partial charge on any atom is 0.504 e. The molecule has 35 heavy (non-hydrogen) atoms. The van der Waals surface area contributed by atoms with Gasteiger partial charge >= 0.3 is 7.69 Å². The van der Waals surface area contributed by atoms with E-state index in [9.17, 15) is 5.02 Å². The van der Waals surface area contributed by atoms with Crippen molar-refractivity contribution >= 4 is 51.4 Å². The molecular formula is C30H20BNO3. The Hall–Kier alpha value is -4.48. The Balaban J connectivity index is 1.58. The van der Waals surface area contributed by atoms with E-state index in [4.69, 9.17) is 9.07 Å². The van der Waals surface area contributed by atoms with Gasteiger partial charge in [0.05, 0.1) is 16.4 Å². The van der Waals surface area contributed by atoms with E-state index in [0.717, 1.165) is 60.6 Å². The molecule has 0 fully saturated rings. The van der Waals surface area contributed by atoms with Crippen LogP contribution in [0.1, 0.15) is 0 Å². The summed E-state index contributed by atoms with van der Waals surface area (Å²) < 4.78 is 14.0. The number of hydrogen-bond acceptors (Lipinski definition) is 3. The van der Waals surface area contributed by atoms with E-state index < -0.39 is 0 Å². The van der Waals surface area contributed by atoms with Crippen molar-refractivity contribution in [1.29, 1.82) is 0 Å². The molecule has 0 amide bonds. The van der Waals surface area contributed by atoms with Gasteiger partial charge in [-0.3, -0.25) is 0 Å². The molecule has 4 nitrogen and oxygen atoms in total. The van der Waals surface area contributed by atoms with Gasteiger partial charge in [-0.2, -0.15) is 0 Å². The van der Waals surface area contributed by atoms with Crippen molar-refractivity contribution in [2.45, 2.75) is 0 Å². The average Bonchev–Trinajstić information content (AvgIpc) is 3.45. The Morgan fingerprint density at radius 3 is 2.34 bits per heavy atom. The predicted molar refractivity (Wildman–Crippen MR) is 143 cm³/mol.